The van der Waals surface area contributed by atoms with Crippen molar-refractivity contribution in [2.45, 2.75) is 50.5 Å². The Hall–Kier alpha value is -1.47. The number of aromatic nitrogens is 2. The van der Waals surface area contributed by atoms with E-state index in [-0.39, 0.29) is 18.6 Å². The van der Waals surface area contributed by atoms with Crippen molar-refractivity contribution in [1.29, 1.82) is 0 Å². The Balaban J connectivity index is 1.43. The third-order valence-corrected chi connectivity index (χ3v) is 4.47. The molecule has 128 valence electrons. The average molecular weight is 323 g/mol. The van der Waals surface area contributed by atoms with Crippen molar-refractivity contribution in [2.24, 2.45) is 0 Å². The minimum atomic E-state index is 0.0652. The Morgan fingerprint density at radius 2 is 2.22 bits per heavy atom. The van der Waals surface area contributed by atoms with E-state index in [0.29, 0.717) is 19.1 Å². The molecule has 7 heteroatoms. The first-order valence-electron chi connectivity index (χ1n) is 8.46. The monoisotopic (exact) mass is 323 g/mol. The normalized spacial score (nSPS) is 21.1. The molecule has 1 unspecified atom stereocenters. The fourth-order valence-electron chi connectivity index (χ4n) is 3.01. The zero-order valence-corrected chi connectivity index (χ0v) is 13.7. The summed E-state index contributed by atoms with van der Waals surface area (Å²) in [5, 5.41) is 4.05. The van der Waals surface area contributed by atoms with E-state index in [1.54, 1.807) is 7.11 Å². The van der Waals surface area contributed by atoms with Crippen LogP contribution >= 0.6 is 0 Å². The van der Waals surface area contributed by atoms with Crippen molar-refractivity contribution in [3.8, 4) is 0 Å². The van der Waals surface area contributed by atoms with Crippen molar-refractivity contribution in [3.63, 3.8) is 0 Å². The third kappa shape index (κ3) is 4.51. The average Bonchev–Trinajstić information content (AvgIpc) is 3.11. The molecule has 1 saturated carbocycles. The number of carbonyl (C=O) groups excluding carboxylic acids is 1. The van der Waals surface area contributed by atoms with Crippen LogP contribution in [-0.4, -0.2) is 60.5 Å². The maximum Gasteiger partial charge on any atom is 0.248 e. The van der Waals surface area contributed by atoms with Crippen molar-refractivity contribution in [1.82, 2.24) is 15.0 Å². The van der Waals surface area contributed by atoms with Crippen molar-refractivity contribution in [2.75, 3.05) is 33.5 Å². The predicted molar refractivity (Wildman–Crippen MR) is 82.0 cm³/mol. The summed E-state index contributed by atoms with van der Waals surface area (Å²) in [4.78, 5) is 18.6. The van der Waals surface area contributed by atoms with Crippen LogP contribution in [0.1, 0.15) is 49.7 Å². The molecule has 1 atom stereocenters. The minimum absolute atomic E-state index is 0.0652. The lowest BCUT2D eigenvalue weighted by molar-refractivity contribution is -0.137. The Bertz CT molecular complexity index is 515. The second-order valence-corrected chi connectivity index (χ2v) is 6.29. The van der Waals surface area contributed by atoms with E-state index in [1.165, 1.54) is 0 Å². The molecule has 1 aliphatic carbocycles. The largest absolute Gasteiger partial charge is 0.382 e. The second kappa shape index (κ2) is 7.88. The van der Waals surface area contributed by atoms with Crippen molar-refractivity contribution >= 4 is 5.91 Å². The van der Waals surface area contributed by atoms with Crippen LogP contribution in [0.15, 0.2) is 4.52 Å². The van der Waals surface area contributed by atoms with Gasteiger partial charge < -0.3 is 18.9 Å². The van der Waals surface area contributed by atoms with E-state index in [2.05, 4.69) is 10.1 Å². The molecule has 0 spiro atoms. The standard InChI is InChI=1S/C16H25N3O4/c1-21-9-10-22-11-15(20)19-8-2-3-13(19)6-7-14-17-16(23-18-14)12-4-5-12/h12-13H,2-11H2,1H3. The quantitative estimate of drug-likeness (QED) is 0.641. The topological polar surface area (TPSA) is 77.7 Å². The van der Waals surface area contributed by atoms with Gasteiger partial charge in [0.05, 0.1) is 13.2 Å². The number of ether oxygens (including phenoxy) is 2. The number of hydrogen-bond acceptors (Lipinski definition) is 6. The van der Waals surface area contributed by atoms with E-state index < -0.39 is 0 Å². The molecule has 1 aliphatic heterocycles. The van der Waals surface area contributed by atoms with Gasteiger partial charge >= 0.3 is 0 Å². The van der Waals surface area contributed by atoms with Gasteiger partial charge in [-0.2, -0.15) is 4.98 Å². The summed E-state index contributed by atoms with van der Waals surface area (Å²) >= 11 is 0. The van der Waals surface area contributed by atoms with Crippen LogP contribution in [0.5, 0.6) is 0 Å². The summed E-state index contributed by atoms with van der Waals surface area (Å²) in [5.74, 6) is 2.11. The first-order chi connectivity index (χ1) is 11.3. The molecule has 1 saturated heterocycles. The molecule has 1 aromatic heterocycles. The van der Waals surface area contributed by atoms with Gasteiger partial charge in [0.25, 0.3) is 0 Å². The Morgan fingerprint density at radius 3 is 3.00 bits per heavy atom. The summed E-state index contributed by atoms with van der Waals surface area (Å²) in [6.07, 6.45) is 6.05. The van der Waals surface area contributed by atoms with Gasteiger partial charge in [-0.05, 0) is 32.1 Å². The lowest BCUT2D eigenvalue weighted by Crippen LogP contribution is -2.38. The molecule has 0 aromatic carbocycles. The number of hydrogen-bond donors (Lipinski definition) is 0. The molecule has 0 N–H and O–H groups in total. The SMILES string of the molecule is COCCOCC(=O)N1CCCC1CCc1noc(C2CC2)n1. The van der Waals surface area contributed by atoms with Crippen LogP contribution in [0.2, 0.25) is 0 Å². The highest BCUT2D eigenvalue weighted by Crippen LogP contribution is 2.38. The Kier molecular flexibility index (Phi) is 5.61. The molecule has 2 fully saturated rings. The molecule has 3 rings (SSSR count). The minimum Gasteiger partial charge on any atom is -0.382 e. The van der Waals surface area contributed by atoms with Gasteiger partial charge in [-0.15, -0.1) is 0 Å². The highest BCUT2D eigenvalue weighted by atomic mass is 16.5. The zero-order chi connectivity index (χ0) is 16.1. The fraction of sp³-hybridized carbons (Fsp3) is 0.812. The number of amides is 1. The fourth-order valence-corrected chi connectivity index (χ4v) is 3.01. The number of likely N-dealkylation sites (tertiary alicyclic amines) is 1. The molecule has 1 aromatic rings. The molecule has 7 nitrogen and oxygen atoms in total. The van der Waals surface area contributed by atoms with Gasteiger partial charge in [-0.3, -0.25) is 4.79 Å². The molecule has 2 heterocycles. The number of methoxy groups -OCH3 is 1. The lowest BCUT2D eigenvalue weighted by atomic mass is 10.1. The van der Waals surface area contributed by atoms with Gasteiger partial charge in [0.2, 0.25) is 11.8 Å². The van der Waals surface area contributed by atoms with Gasteiger partial charge in [0.15, 0.2) is 5.82 Å². The highest BCUT2D eigenvalue weighted by molar-refractivity contribution is 5.78. The molecular weight excluding hydrogens is 298 g/mol. The summed E-state index contributed by atoms with van der Waals surface area (Å²) in [5.41, 5.74) is 0. The van der Waals surface area contributed by atoms with Crippen LogP contribution in [0.4, 0.5) is 0 Å². The van der Waals surface area contributed by atoms with E-state index in [4.69, 9.17) is 14.0 Å². The number of rotatable bonds is 9. The van der Waals surface area contributed by atoms with Crippen molar-refractivity contribution in [3.05, 3.63) is 11.7 Å². The Labute approximate surface area is 136 Å². The van der Waals surface area contributed by atoms with Gasteiger partial charge in [0, 0.05) is 32.0 Å². The number of nitrogens with zero attached hydrogens (tertiary/aromatic N) is 3. The van der Waals surface area contributed by atoms with Gasteiger partial charge in [0.1, 0.15) is 6.61 Å². The predicted octanol–water partition coefficient (Wildman–Crippen LogP) is 1.53. The molecular formula is C16H25N3O4. The van der Waals surface area contributed by atoms with E-state index in [1.807, 2.05) is 4.90 Å². The van der Waals surface area contributed by atoms with Crippen LogP contribution in [0, 0.1) is 0 Å². The maximum atomic E-state index is 12.2. The lowest BCUT2D eigenvalue weighted by Gasteiger charge is -2.24. The van der Waals surface area contributed by atoms with Crippen molar-refractivity contribution < 1.29 is 18.8 Å². The van der Waals surface area contributed by atoms with Crippen LogP contribution in [-0.2, 0) is 20.7 Å². The molecule has 1 amide bonds. The maximum absolute atomic E-state index is 12.2. The summed E-state index contributed by atoms with van der Waals surface area (Å²) < 4.78 is 15.5. The molecule has 23 heavy (non-hydrogen) atoms. The smallest absolute Gasteiger partial charge is 0.248 e. The van der Waals surface area contributed by atoms with Gasteiger partial charge in [-0.25, -0.2) is 0 Å². The zero-order valence-electron chi connectivity index (χ0n) is 13.7. The first-order valence-corrected chi connectivity index (χ1v) is 8.46. The Morgan fingerprint density at radius 1 is 1.35 bits per heavy atom. The van der Waals surface area contributed by atoms with E-state index in [0.717, 1.165) is 56.8 Å². The third-order valence-electron chi connectivity index (χ3n) is 4.47. The van der Waals surface area contributed by atoms with E-state index in [9.17, 15) is 4.79 Å². The van der Waals surface area contributed by atoms with Crippen LogP contribution in [0.3, 0.4) is 0 Å². The van der Waals surface area contributed by atoms with Crippen LogP contribution < -0.4 is 0 Å². The highest BCUT2D eigenvalue weighted by Gasteiger charge is 2.31. The van der Waals surface area contributed by atoms with Crippen LogP contribution in [0.25, 0.3) is 0 Å². The molecule has 0 radical (unpaired) electrons. The van der Waals surface area contributed by atoms with Gasteiger partial charge in [-0.1, -0.05) is 5.16 Å². The second-order valence-electron chi connectivity index (χ2n) is 6.29. The first kappa shape index (κ1) is 16.4. The molecule has 0 bridgehead atoms. The number of aryl methyl sites for hydroxylation is 1. The van der Waals surface area contributed by atoms with E-state index >= 15 is 0 Å². The molecule has 2 aliphatic rings. The summed E-state index contributed by atoms with van der Waals surface area (Å²) in [6.45, 7) is 1.91. The summed E-state index contributed by atoms with van der Waals surface area (Å²) in [6, 6.07) is 0.261. The number of carbonyl (C=O) groups is 1. The summed E-state index contributed by atoms with van der Waals surface area (Å²) in [7, 11) is 1.62.